The Bertz CT molecular complexity index is 727. The van der Waals surface area contributed by atoms with Gasteiger partial charge in [0, 0.05) is 18.7 Å². The third-order valence-electron chi connectivity index (χ3n) is 4.62. The Morgan fingerprint density at radius 1 is 1.36 bits per heavy atom. The Morgan fingerprint density at radius 3 is 2.88 bits per heavy atom. The molecule has 0 aromatic carbocycles. The fraction of sp³-hybridized carbons (Fsp3) is 0.526. The first-order valence-electron chi connectivity index (χ1n) is 8.80. The van der Waals surface area contributed by atoms with Gasteiger partial charge in [-0.15, -0.1) is 0 Å². The number of ether oxygens (including phenoxy) is 1. The molecule has 3 rings (SSSR count). The first-order chi connectivity index (χ1) is 12.2. The normalized spacial score (nSPS) is 16.1. The van der Waals surface area contributed by atoms with Crippen LogP contribution in [-0.4, -0.2) is 34.6 Å². The summed E-state index contributed by atoms with van der Waals surface area (Å²) in [5.41, 5.74) is 1.55. The lowest BCUT2D eigenvalue weighted by Crippen LogP contribution is -2.35. The monoisotopic (exact) mass is 340 g/mol. The summed E-state index contributed by atoms with van der Waals surface area (Å²) >= 11 is 0. The van der Waals surface area contributed by atoms with E-state index in [1.165, 1.54) is 0 Å². The lowest BCUT2D eigenvalue weighted by molar-refractivity contribution is 0.133. The maximum absolute atomic E-state index is 9.08. The molecule has 1 fully saturated rings. The van der Waals surface area contributed by atoms with Crippen LogP contribution in [0.3, 0.4) is 0 Å². The van der Waals surface area contributed by atoms with Crippen LogP contribution in [-0.2, 0) is 6.54 Å². The quantitative estimate of drug-likeness (QED) is 0.803. The predicted octanol–water partition coefficient (Wildman–Crippen LogP) is 3.36. The number of aromatic nitrogens is 2. The maximum Gasteiger partial charge on any atom is 0.231 e. The van der Waals surface area contributed by atoms with Crippen LogP contribution in [0.5, 0.6) is 5.88 Å². The summed E-state index contributed by atoms with van der Waals surface area (Å²) in [7, 11) is 0. The standard InChI is InChI=1S/C19H24N4O2/c1-14(2)18-17(22-13-25-18)11-23-8-5-15(6-9-23)12-24-19-16(10-20)4-3-7-21-19/h3-4,7,13-15H,5-6,8-9,11-12H2,1-2H3. The number of likely N-dealkylation sites (tertiary alicyclic amines) is 1. The molecular formula is C19H24N4O2. The van der Waals surface area contributed by atoms with Gasteiger partial charge in [0.15, 0.2) is 6.39 Å². The van der Waals surface area contributed by atoms with Crippen LogP contribution in [0.25, 0.3) is 0 Å². The molecule has 6 nitrogen and oxygen atoms in total. The van der Waals surface area contributed by atoms with Crippen LogP contribution in [0.1, 0.15) is 49.6 Å². The molecule has 2 aromatic heterocycles. The fourth-order valence-electron chi connectivity index (χ4n) is 3.18. The van der Waals surface area contributed by atoms with E-state index in [1.807, 2.05) is 0 Å². The zero-order chi connectivity index (χ0) is 17.6. The molecule has 0 bridgehead atoms. The summed E-state index contributed by atoms with van der Waals surface area (Å²) in [6.07, 6.45) is 5.35. The molecule has 25 heavy (non-hydrogen) atoms. The zero-order valence-corrected chi connectivity index (χ0v) is 14.8. The second-order valence-corrected chi connectivity index (χ2v) is 6.82. The second kappa shape index (κ2) is 8.13. The van der Waals surface area contributed by atoms with Gasteiger partial charge in [0.25, 0.3) is 0 Å². The van der Waals surface area contributed by atoms with Crippen molar-refractivity contribution in [3.8, 4) is 11.9 Å². The minimum absolute atomic E-state index is 0.358. The number of hydrogen-bond donors (Lipinski definition) is 0. The van der Waals surface area contributed by atoms with E-state index in [-0.39, 0.29) is 0 Å². The van der Waals surface area contributed by atoms with Gasteiger partial charge in [-0.1, -0.05) is 13.8 Å². The van der Waals surface area contributed by atoms with E-state index in [1.54, 1.807) is 24.7 Å². The van der Waals surface area contributed by atoms with E-state index >= 15 is 0 Å². The van der Waals surface area contributed by atoms with Gasteiger partial charge in [-0.05, 0) is 44.0 Å². The largest absolute Gasteiger partial charge is 0.476 e. The fourth-order valence-corrected chi connectivity index (χ4v) is 3.18. The van der Waals surface area contributed by atoms with Crippen LogP contribution in [0, 0.1) is 17.2 Å². The molecule has 132 valence electrons. The number of hydrogen-bond acceptors (Lipinski definition) is 6. The Kier molecular flexibility index (Phi) is 5.67. The molecule has 0 atom stereocenters. The Balaban J connectivity index is 1.47. The molecule has 0 radical (unpaired) electrons. The number of nitrogens with zero attached hydrogens (tertiary/aromatic N) is 4. The summed E-state index contributed by atoms with van der Waals surface area (Å²) < 4.78 is 11.3. The van der Waals surface area contributed by atoms with Crippen molar-refractivity contribution in [2.75, 3.05) is 19.7 Å². The van der Waals surface area contributed by atoms with Gasteiger partial charge in [-0.3, -0.25) is 4.90 Å². The zero-order valence-electron chi connectivity index (χ0n) is 14.8. The summed E-state index contributed by atoms with van der Waals surface area (Å²) in [5.74, 6) is 2.28. The molecule has 6 heteroatoms. The van der Waals surface area contributed by atoms with Gasteiger partial charge in [0.1, 0.15) is 17.4 Å². The van der Waals surface area contributed by atoms with Crippen molar-refractivity contribution in [1.82, 2.24) is 14.9 Å². The predicted molar refractivity (Wildman–Crippen MR) is 93.0 cm³/mol. The number of nitriles is 1. The number of rotatable bonds is 6. The topological polar surface area (TPSA) is 75.2 Å². The number of piperidine rings is 1. The van der Waals surface area contributed by atoms with Crippen LogP contribution in [0.2, 0.25) is 0 Å². The molecule has 0 unspecified atom stereocenters. The van der Waals surface area contributed by atoms with E-state index in [0.29, 0.717) is 29.9 Å². The SMILES string of the molecule is CC(C)c1ocnc1CN1CCC(COc2ncccc2C#N)CC1. The molecule has 1 aliphatic heterocycles. The number of pyridine rings is 1. The van der Waals surface area contributed by atoms with Crippen LogP contribution in [0.4, 0.5) is 0 Å². The first-order valence-corrected chi connectivity index (χ1v) is 8.80. The molecule has 1 saturated heterocycles. The minimum atomic E-state index is 0.358. The van der Waals surface area contributed by atoms with Crippen molar-refractivity contribution < 1.29 is 9.15 Å². The molecule has 2 aromatic rings. The van der Waals surface area contributed by atoms with Gasteiger partial charge in [0.05, 0.1) is 12.3 Å². The summed E-state index contributed by atoms with van der Waals surface area (Å²) in [5, 5.41) is 9.08. The van der Waals surface area contributed by atoms with Crippen LogP contribution >= 0.6 is 0 Å². The first kappa shape index (κ1) is 17.4. The van der Waals surface area contributed by atoms with Gasteiger partial charge >= 0.3 is 0 Å². The van der Waals surface area contributed by atoms with Crippen LogP contribution in [0.15, 0.2) is 29.1 Å². The Morgan fingerprint density at radius 2 is 2.16 bits per heavy atom. The molecule has 0 saturated carbocycles. The van der Waals surface area contributed by atoms with Crippen molar-refractivity contribution in [3.05, 3.63) is 41.7 Å². The Labute approximate surface area is 148 Å². The van der Waals surface area contributed by atoms with Gasteiger partial charge in [-0.25, -0.2) is 9.97 Å². The second-order valence-electron chi connectivity index (χ2n) is 6.82. The lowest BCUT2D eigenvalue weighted by atomic mass is 9.97. The molecule has 0 spiro atoms. The van der Waals surface area contributed by atoms with E-state index in [0.717, 1.165) is 43.9 Å². The summed E-state index contributed by atoms with van der Waals surface area (Å²) in [4.78, 5) is 10.9. The summed E-state index contributed by atoms with van der Waals surface area (Å²) in [6.45, 7) is 7.75. The lowest BCUT2D eigenvalue weighted by Gasteiger charge is -2.31. The minimum Gasteiger partial charge on any atom is -0.476 e. The smallest absolute Gasteiger partial charge is 0.231 e. The third-order valence-corrected chi connectivity index (χ3v) is 4.62. The van der Waals surface area contributed by atoms with Crippen molar-refractivity contribution in [2.45, 2.75) is 39.2 Å². The highest BCUT2D eigenvalue weighted by molar-refractivity contribution is 5.36. The highest BCUT2D eigenvalue weighted by atomic mass is 16.5. The highest BCUT2D eigenvalue weighted by Crippen LogP contribution is 2.24. The van der Waals surface area contributed by atoms with Gasteiger partial charge in [-0.2, -0.15) is 5.26 Å². The Hall–Kier alpha value is -2.39. The van der Waals surface area contributed by atoms with Gasteiger partial charge in [0.2, 0.25) is 5.88 Å². The van der Waals surface area contributed by atoms with E-state index in [2.05, 4.69) is 34.8 Å². The summed E-state index contributed by atoms with van der Waals surface area (Å²) in [6, 6.07) is 5.60. The maximum atomic E-state index is 9.08. The average molecular weight is 340 g/mol. The molecule has 3 heterocycles. The van der Waals surface area contributed by atoms with Crippen LogP contribution < -0.4 is 4.74 Å². The van der Waals surface area contributed by atoms with Crippen molar-refractivity contribution in [3.63, 3.8) is 0 Å². The molecule has 1 aliphatic rings. The molecule has 0 amide bonds. The number of oxazole rings is 1. The van der Waals surface area contributed by atoms with E-state index in [4.69, 9.17) is 14.4 Å². The molecule has 0 N–H and O–H groups in total. The third kappa shape index (κ3) is 4.37. The van der Waals surface area contributed by atoms with Crippen molar-refractivity contribution >= 4 is 0 Å². The molecular weight excluding hydrogens is 316 g/mol. The van der Waals surface area contributed by atoms with E-state index in [9.17, 15) is 0 Å². The highest BCUT2D eigenvalue weighted by Gasteiger charge is 2.22. The van der Waals surface area contributed by atoms with Crippen molar-refractivity contribution in [1.29, 1.82) is 5.26 Å². The molecule has 0 aliphatic carbocycles. The van der Waals surface area contributed by atoms with E-state index < -0.39 is 0 Å². The van der Waals surface area contributed by atoms with Gasteiger partial charge < -0.3 is 9.15 Å². The average Bonchev–Trinajstić information content (AvgIpc) is 3.10. The van der Waals surface area contributed by atoms with Crippen molar-refractivity contribution in [2.24, 2.45) is 5.92 Å².